The molecule has 0 saturated carbocycles. The van der Waals surface area contributed by atoms with Gasteiger partial charge in [0, 0.05) is 0 Å². The van der Waals surface area contributed by atoms with Gasteiger partial charge in [-0.25, -0.2) is 0 Å². The summed E-state index contributed by atoms with van der Waals surface area (Å²) in [6.45, 7) is 0. The van der Waals surface area contributed by atoms with E-state index in [0.29, 0.717) is 5.56 Å². The third kappa shape index (κ3) is 3.52. The number of methoxy groups -OCH3 is 1. The summed E-state index contributed by atoms with van der Waals surface area (Å²) in [5.41, 5.74) is -0.438. The van der Waals surface area contributed by atoms with E-state index in [4.69, 9.17) is 5.26 Å². The Morgan fingerprint density at radius 3 is 2.65 bits per heavy atom. The Balaban J connectivity index is 3.10. The van der Waals surface area contributed by atoms with Gasteiger partial charge in [0.25, 0.3) is 0 Å². The van der Waals surface area contributed by atoms with Gasteiger partial charge in [0.15, 0.2) is 0 Å². The molecule has 0 aromatic heterocycles. The number of allylic oxidation sites excluding steroid dienone is 1. The van der Waals surface area contributed by atoms with Crippen molar-refractivity contribution in [1.82, 2.24) is 0 Å². The lowest BCUT2D eigenvalue weighted by Crippen LogP contribution is -2.07. The average Bonchev–Trinajstić information content (AvgIpc) is 2.28. The molecule has 0 bridgehead atoms. The number of alkyl halides is 3. The van der Waals surface area contributed by atoms with Crippen LogP contribution < -0.4 is 4.74 Å². The van der Waals surface area contributed by atoms with Crippen molar-refractivity contribution in [3.8, 4) is 11.8 Å². The maximum Gasteiger partial charge on any atom is 0.419 e. The fourth-order valence-electron chi connectivity index (χ4n) is 1.30. The van der Waals surface area contributed by atoms with Crippen LogP contribution in [0.5, 0.6) is 5.75 Å². The molecule has 0 aliphatic heterocycles. The van der Waals surface area contributed by atoms with Crippen LogP contribution in [0.4, 0.5) is 13.2 Å². The number of nitriles is 1. The van der Waals surface area contributed by atoms with Crippen LogP contribution in [-0.2, 0) is 6.18 Å². The molecule has 0 N–H and O–H groups in total. The fourth-order valence-corrected chi connectivity index (χ4v) is 1.30. The van der Waals surface area contributed by atoms with Gasteiger partial charge in [-0.2, -0.15) is 18.4 Å². The quantitative estimate of drug-likeness (QED) is 0.809. The first kappa shape index (κ1) is 13.1. The summed E-state index contributed by atoms with van der Waals surface area (Å²) in [5.74, 6) is -0.213. The maximum absolute atomic E-state index is 12.6. The molecule has 0 unspecified atom stereocenters. The van der Waals surface area contributed by atoms with Gasteiger partial charge in [0.2, 0.25) is 0 Å². The monoisotopic (exact) mass is 241 g/mol. The normalized spacial score (nSPS) is 11.5. The Hall–Kier alpha value is -1.96. The van der Waals surface area contributed by atoms with Crippen molar-refractivity contribution < 1.29 is 17.9 Å². The number of benzene rings is 1. The van der Waals surface area contributed by atoms with Crippen molar-refractivity contribution in [2.75, 3.05) is 7.11 Å². The second-order valence-electron chi connectivity index (χ2n) is 3.22. The van der Waals surface area contributed by atoms with Crippen molar-refractivity contribution >= 4 is 6.08 Å². The van der Waals surface area contributed by atoms with Crippen molar-refractivity contribution in [3.05, 3.63) is 35.4 Å². The van der Waals surface area contributed by atoms with Crippen LogP contribution in [0.15, 0.2) is 24.3 Å². The van der Waals surface area contributed by atoms with Crippen LogP contribution in [0.1, 0.15) is 17.5 Å². The summed E-state index contributed by atoms with van der Waals surface area (Å²) in [6.07, 6.45) is -1.32. The first-order valence-electron chi connectivity index (χ1n) is 4.77. The molecule has 0 amide bonds. The van der Waals surface area contributed by atoms with Crippen LogP contribution in [-0.4, -0.2) is 7.11 Å². The van der Waals surface area contributed by atoms with Crippen molar-refractivity contribution in [2.45, 2.75) is 12.6 Å². The SMILES string of the molecule is COc1ccc(C=CCC#N)cc1C(F)(F)F. The third-order valence-corrected chi connectivity index (χ3v) is 2.05. The minimum absolute atomic E-state index is 0.160. The van der Waals surface area contributed by atoms with Gasteiger partial charge >= 0.3 is 6.18 Å². The zero-order valence-corrected chi connectivity index (χ0v) is 9.08. The van der Waals surface area contributed by atoms with Crippen molar-refractivity contribution in [3.63, 3.8) is 0 Å². The molecule has 1 aromatic rings. The number of halogens is 3. The molecule has 1 rings (SSSR count). The highest BCUT2D eigenvalue weighted by atomic mass is 19.4. The molecule has 17 heavy (non-hydrogen) atoms. The molecule has 0 aliphatic rings. The van der Waals surface area contributed by atoms with Crippen LogP contribution >= 0.6 is 0 Å². The zero-order valence-electron chi connectivity index (χ0n) is 9.08. The minimum atomic E-state index is -4.45. The van der Waals surface area contributed by atoms with Crippen LogP contribution in [0.2, 0.25) is 0 Å². The molecule has 0 radical (unpaired) electrons. The number of hydrogen-bond donors (Lipinski definition) is 0. The van der Waals surface area contributed by atoms with Gasteiger partial charge in [0.1, 0.15) is 5.75 Å². The molecule has 0 fully saturated rings. The molecular formula is C12H10F3NO. The van der Waals surface area contributed by atoms with Gasteiger partial charge in [-0.05, 0) is 17.7 Å². The highest BCUT2D eigenvalue weighted by Gasteiger charge is 2.34. The number of nitrogens with zero attached hydrogens (tertiary/aromatic N) is 1. The number of hydrogen-bond acceptors (Lipinski definition) is 2. The van der Waals surface area contributed by atoms with Gasteiger partial charge < -0.3 is 4.74 Å². The molecule has 90 valence electrons. The predicted molar refractivity (Wildman–Crippen MR) is 57.3 cm³/mol. The van der Waals surface area contributed by atoms with E-state index >= 15 is 0 Å². The molecule has 5 heteroatoms. The average molecular weight is 241 g/mol. The van der Waals surface area contributed by atoms with E-state index < -0.39 is 11.7 Å². The van der Waals surface area contributed by atoms with Gasteiger partial charge in [0.05, 0.1) is 25.2 Å². The minimum Gasteiger partial charge on any atom is -0.496 e. The molecule has 0 saturated heterocycles. The van der Waals surface area contributed by atoms with Crippen molar-refractivity contribution in [2.24, 2.45) is 0 Å². The van der Waals surface area contributed by atoms with Crippen LogP contribution in [0.3, 0.4) is 0 Å². The Labute approximate surface area is 96.9 Å². The number of ether oxygens (including phenoxy) is 1. The largest absolute Gasteiger partial charge is 0.496 e. The Morgan fingerprint density at radius 2 is 2.12 bits per heavy atom. The number of rotatable bonds is 3. The van der Waals surface area contributed by atoms with Crippen LogP contribution in [0.25, 0.3) is 6.08 Å². The molecule has 2 nitrogen and oxygen atoms in total. The third-order valence-electron chi connectivity index (χ3n) is 2.05. The summed E-state index contributed by atoms with van der Waals surface area (Å²) < 4.78 is 42.6. The van der Waals surface area contributed by atoms with E-state index in [1.165, 1.54) is 31.4 Å². The topological polar surface area (TPSA) is 33.0 Å². The molecular weight excluding hydrogens is 231 g/mol. The lowest BCUT2D eigenvalue weighted by Gasteiger charge is -2.12. The standard InChI is InChI=1S/C12H10F3NO/c1-17-11-6-5-9(4-2-3-7-16)8-10(11)12(13,14)15/h2,4-6,8H,3H2,1H3. The maximum atomic E-state index is 12.6. The second-order valence-corrected chi connectivity index (χ2v) is 3.22. The highest BCUT2D eigenvalue weighted by Crippen LogP contribution is 2.36. The van der Waals surface area contributed by atoms with E-state index in [0.717, 1.165) is 6.07 Å². The van der Waals surface area contributed by atoms with Crippen molar-refractivity contribution in [1.29, 1.82) is 5.26 Å². The van der Waals surface area contributed by atoms with Gasteiger partial charge in [-0.1, -0.05) is 18.2 Å². The fraction of sp³-hybridized carbons (Fsp3) is 0.250. The first-order chi connectivity index (χ1) is 7.99. The Morgan fingerprint density at radius 1 is 1.41 bits per heavy atom. The van der Waals surface area contributed by atoms with Crippen LogP contribution in [0, 0.1) is 11.3 Å². The van der Waals surface area contributed by atoms with Gasteiger partial charge in [-0.15, -0.1) is 0 Å². The summed E-state index contributed by atoms with van der Waals surface area (Å²) in [5, 5.41) is 8.31. The highest BCUT2D eigenvalue weighted by molar-refractivity contribution is 5.54. The Kier molecular flexibility index (Phi) is 4.16. The molecule has 0 aliphatic carbocycles. The molecule has 0 spiro atoms. The lowest BCUT2D eigenvalue weighted by molar-refractivity contribution is -0.138. The summed E-state index contributed by atoms with van der Waals surface area (Å²) in [6, 6.07) is 5.63. The molecule has 0 atom stereocenters. The van der Waals surface area contributed by atoms with E-state index in [9.17, 15) is 13.2 Å². The van der Waals surface area contributed by atoms with E-state index in [2.05, 4.69) is 4.74 Å². The van der Waals surface area contributed by atoms with Gasteiger partial charge in [-0.3, -0.25) is 0 Å². The first-order valence-corrected chi connectivity index (χ1v) is 4.77. The zero-order chi connectivity index (χ0) is 12.9. The smallest absolute Gasteiger partial charge is 0.419 e. The summed E-state index contributed by atoms with van der Waals surface area (Å²) >= 11 is 0. The summed E-state index contributed by atoms with van der Waals surface area (Å²) in [7, 11) is 1.19. The predicted octanol–water partition coefficient (Wildman–Crippen LogP) is 3.64. The molecule has 1 aromatic carbocycles. The lowest BCUT2D eigenvalue weighted by atomic mass is 10.1. The summed E-state index contributed by atoms with van der Waals surface area (Å²) in [4.78, 5) is 0. The van der Waals surface area contributed by atoms with E-state index in [1.807, 2.05) is 6.07 Å². The second kappa shape index (κ2) is 5.39. The van der Waals surface area contributed by atoms with E-state index in [-0.39, 0.29) is 12.2 Å². The Bertz CT molecular complexity index is 458. The van der Waals surface area contributed by atoms with E-state index in [1.54, 1.807) is 0 Å². The molecule has 0 heterocycles.